The van der Waals surface area contributed by atoms with E-state index in [1.807, 2.05) is 24.4 Å². The van der Waals surface area contributed by atoms with Gasteiger partial charge in [-0.1, -0.05) is 121 Å². The van der Waals surface area contributed by atoms with E-state index < -0.39 is 0 Å². The zero-order chi connectivity index (χ0) is 43.5. The van der Waals surface area contributed by atoms with Gasteiger partial charge in [-0.2, -0.15) is 5.26 Å². The molecule has 0 aliphatic heterocycles. The summed E-state index contributed by atoms with van der Waals surface area (Å²) in [6, 6.07) is 77.9. The molecule has 14 rings (SSSR count). The second-order valence-corrected chi connectivity index (χ2v) is 17.1. The van der Waals surface area contributed by atoms with Crippen molar-refractivity contribution in [1.82, 2.24) is 23.3 Å². The lowest BCUT2D eigenvalue weighted by molar-refractivity contribution is 1.06. The molecule has 0 radical (unpaired) electrons. The van der Waals surface area contributed by atoms with Crippen molar-refractivity contribution in [1.29, 1.82) is 5.26 Å². The minimum Gasteiger partial charge on any atom is -0.309 e. The largest absolute Gasteiger partial charge is 0.309 e. The molecule has 9 aromatic carbocycles. The first kappa shape index (κ1) is 36.3. The third-order valence-electron chi connectivity index (χ3n) is 13.6. The Labute approximate surface area is 378 Å². The summed E-state index contributed by atoms with van der Waals surface area (Å²) in [5, 5.41) is 19.7. The summed E-state index contributed by atoms with van der Waals surface area (Å²) in [5.74, 6) is 0.788. The fourth-order valence-corrected chi connectivity index (χ4v) is 10.8. The Morgan fingerprint density at radius 1 is 0.333 bits per heavy atom. The van der Waals surface area contributed by atoms with E-state index in [0.29, 0.717) is 5.56 Å². The molecular weight excluding hydrogens is 805 g/mol. The van der Waals surface area contributed by atoms with Crippen LogP contribution in [0.25, 0.3) is 121 Å². The Balaban J connectivity index is 1.08. The molecule has 66 heavy (non-hydrogen) atoms. The third kappa shape index (κ3) is 5.14. The fraction of sp³-hybridized carbons (Fsp3) is 0. The maximum absolute atomic E-state index is 10.2. The highest BCUT2D eigenvalue weighted by Gasteiger charge is 2.23. The van der Waals surface area contributed by atoms with Gasteiger partial charge >= 0.3 is 0 Å². The van der Waals surface area contributed by atoms with Crippen molar-refractivity contribution < 1.29 is 0 Å². The Kier molecular flexibility index (Phi) is 7.65. The predicted octanol–water partition coefficient (Wildman–Crippen LogP) is 15.0. The normalized spacial score (nSPS) is 11.9. The van der Waals surface area contributed by atoms with Crippen LogP contribution in [0, 0.1) is 11.3 Å². The molecule has 0 saturated heterocycles. The van der Waals surface area contributed by atoms with E-state index >= 15 is 0 Å². The molecular formula is C60H36N6. The maximum atomic E-state index is 10.2. The maximum Gasteiger partial charge on any atom is 0.138 e. The minimum absolute atomic E-state index is 0.598. The summed E-state index contributed by atoms with van der Waals surface area (Å²) in [4.78, 5) is 5.45. The van der Waals surface area contributed by atoms with Gasteiger partial charge in [0.05, 0.1) is 67.7 Å². The van der Waals surface area contributed by atoms with E-state index in [-0.39, 0.29) is 0 Å². The van der Waals surface area contributed by atoms with Crippen molar-refractivity contribution >= 4 is 87.2 Å². The Morgan fingerprint density at radius 2 is 0.758 bits per heavy atom. The Bertz CT molecular complexity index is 4350. The van der Waals surface area contributed by atoms with Crippen LogP contribution in [0.2, 0.25) is 0 Å². The Morgan fingerprint density at radius 3 is 1.26 bits per heavy atom. The predicted molar refractivity (Wildman–Crippen MR) is 272 cm³/mol. The highest BCUT2D eigenvalue weighted by Crippen LogP contribution is 2.43. The molecule has 0 atom stereocenters. The number of fused-ring (bicyclic) bond motifs is 12. The fourth-order valence-electron chi connectivity index (χ4n) is 10.8. The van der Waals surface area contributed by atoms with Crippen LogP contribution in [0.4, 0.5) is 0 Å². The number of nitriles is 1. The van der Waals surface area contributed by atoms with Crippen molar-refractivity contribution in [2.75, 3.05) is 0 Å². The molecule has 306 valence electrons. The van der Waals surface area contributed by atoms with Crippen molar-refractivity contribution in [3.63, 3.8) is 0 Å². The van der Waals surface area contributed by atoms with Crippen LogP contribution in [0.3, 0.4) is 0 Å². The van der Waals surface area contributed by atoms with Gasteiger partial charge in [-0.3, -0.25) is 4.57 Å². The minimum atomic E-state index is 0.598. The van der Waals surface area contributed by atoms with Gasteiger partial charge in [-0.25, -0.2) is 4.98 Å². The van der Waals surface area contributed by atoms with Gasteiger partial charge in [0.1, 0.15) is 5.82 Å². The third-order valence-corrected chi connectivity index (χ3v) is 13.6. The van der Waals surface area contributed by atoms with Crippen LogP contribution in [0.5, 0.6) is 0 Å². The molecule has 0 fully saturated rings. The molecule has 5 heterocycles. The molecule has 6 nitrogen and oxygen atoms in total. The van der Waals surface area contributed by atoms with Crippen LogP contribution >= 0.6 is 0 Å². The smallest absolute Gasteiger partial charge is 0.138 e. The Hall–Kier alpha value is -9.18. The number of para-hydroxylation sites is 6. The van der Waals surface area contributed by atoms with Gasteiger partial charge in [-0.15, -0.1) is 0 Å². The molecule has 0 aliphatic rings. The van der Waals surface area contributed by atoms with E-state index in [2.05, 4.69) is 218 Å². The van der Waals surface area contributed by atoms with Crippen molar-refractivity contribution in [3.05, 3.63) is 224 Å². The quantitative estimate of drug-likeness (QED) is 0.173. The van der Waals surface area contributed by atoms with E-state index in [0.717, 1.165) is 99.7 Å². The second-order valence-electron chi connectivity index (χ2n) is 17.1. The van der Waals surface area contributed by atoms with Gasteiger partial charge < -0.3 is 13.7 Å². The molecule has 5 aromatic heterocycles. The van der Waals surface area contributed by atoms with Crippen molar-refractivity contribution in [2.24, 2.45) is 0 Å². The van der Waals surface area contributed by atoms with Gasteiger partial charge in [0.15, 0.2) is 0 Å². The average Bonchev–Trinajstić information content (AvgIpc) is 4.10. The molecule has 6 heteroatoms. The number of rotatable bonds is 5. The zero-order valence-corrected chi connectivity index (χ0v) is 35.5. The standard InChI is InChI=1S/C60H36N6/c61-36-38-16-15-17-39(30-38)46-33-60(66-54-29-14-10-25-45(54)50-32-48-43-23-8-12-27-52(43)64(56(48)35-58(50)66)41-20-5-2-6-21-41)62-37-59(46)65-53-28-13-9-24-44(53)49-31-47-42-22-7-11-26-51(42)63(55(47)34-57(49)65)40-18-3-1-4-19-40/h1-35,37H. The molecule has 0 spiro atoms. The molecule has 0 bridgehead atoms. The SMILES string of the molecule is N#Cc1cccc(-c2cc(-n3c4ccccc4c4cc5c6ccccc6n(-c6ccccc6)c5cc43)ncc2-n2c3ccccc3c3cc4c5ccccc5n(-c5ccccc5)c4cc32)c1. The summed E-state index contributed by atoms with van der Waals surface area (Å²) in [5.41, 5.74) is 14.5. The lowest BCUT2D eigenvalue weighted by atomic mass is 10.0. The number of hydrogen-bond acceptors (Lipinski definition) is 2. The summed E-state index contributed by atoms with van der Waals surface area (Å²) in [6.45, 7) is 0. The number of hydrogen-bond donors (Lipinski definition) is 0. The molecule has 0 aliphatic carbocycles. The van der Waals surface area contributed by atoms with E-state index in [9.17, 15) is 5.26 Å². The van der Waals surface area contributed by atoms with Crippen LogP contribution < -0.4 is 0 Å². The highest BCUT2D eigenvalue weighted by atomic mass is 15.1. The molecule has 0 saturated carbocycles. The van der Waals surface area contributed by atoms with Gasteiger partial charge in [0.2, 0.25) is 0 Å². The van der Waals surface area contributed by atoms with Crippen LogP contribution in [-0.2, 0) is 0 Å². The topological polar surface area (TPSA) is 56.4 Å². The summed E-state index contributed by atoms with van der Waals surface area (Å²) < 4.78 is 9.43. The van der Waals surface area contributed by atoms with E-state index in [1.165, 1.54) is 21.5 Å². The first-order valence-corrected chi connectivity index (χ1v) is 22.3. The summed E-state index contributed by atoms with van der Waals surface area (Å²) in [6.07, 6.45) is 2.03. The van der Waals surface area contributed by atoms with E-state index in [4.69, 9.17) is 4.98 Å². The summed E-state index contributed by atoms with van der Waals surface area (Å²) >= 11 is 0. The average molecular weight is 841 g/mol. The van der Waals surface area contributed by atoms with Gasteiger partial charge in [0.25, 0.3) is 0 Å². The van der Waals surface area contributed by atoms with Crippen LogP contribution in [0.15, 0.2) is 219 Å². The lowest BCUT2D eigenvalue weighted by Crippen LogP contribution is -2.03. The number of aromatic nitrogens is 5. The number of pyridine rings is 1. The van der Waals surface area contributed by atoms with Gasteiger partial charge in [-0.05, 0) is 96.6 Å². The van der Waals surface area contributed by atoms with Gasteiger partial charge in [0, 0.05) is 60.0 Å². The first-order chi connectivity index (χ1) is 32.7. The molecule has 0 amide bonds. The van der Waals surface area contributed by atoms with E-state index in [1.54, 1.807) is 0 Å². The van der Waals surface area contributed by atoms with Crippen LogP contribution in [0.1, 0.15) is 5.56 Å². The van der Waals surface area contributed by atoms with Crippen molar-refractivity contribution in [2.45, 2.75) is 0 Å². The first-order valence-electron chi connectivity index (χ1n) is 22.3. The molecule has 0 unspecified atom stereocenters. The number of nitrogens with zero attached hydrogens (tertiary/aromatic N) is 6. The summed E-state index contributed by atoms with van der Waals surface area (Å²) in [7, 11) is 0. The second kappa shape index (κ2) is 13.9. The monoisotopic (exact) mass is 840 g/mol. The number of benzene rings is 9. The lowest BCUT2D eigenvalue weighted by Gasteiger charge is -2.17. The zero-order valence-electron chi connectivity index (χ0n) is 35.5. The highest BCUT2D eigenvalue weighted by molar-refractivity contribution is 6.21. The van der Waals surface area contributed by atoms with Crippen LogP contribution in [-0.4, -0.2) is 23.3 Å². The molecule has 0 N–H and O–H groups in total. The van der Waals surface area contributed by atoms with Crippen molar-refractivity contribution in [3.8, 4) is 40.1 Å². The molecule has 14 aromatic rings.